The number of hydrogen-bond acceptors (Lipinski definition) is 1. The Labute approximate surface area is 409 Å². The number of fused-ring (bicyclic) bond motifs is 5. The second-order valence-electron chi connectivity index (χ2n) is 18.4. The Hall–Kier alpha value is -9.04. The summed E-state index contributed by atoms with van der Waals surface area (Å²) >= 11 is 0. The van der Waals surface area contributed by atoms with Gasteiger partial charge in [0.25, 0.3) is 0 Å². The van der Waals surface area contributed by atoms with Crippen LogP contribution in [0.1, 0.15) is 22.3 Å². The van der Waals surface area contributed by atoms with Crippen LogP contribution in [0.5, 0.6) is 0 Å². The second kappa shape index (κ2) is 17.2. The maximum atomic E-state index is 2.42. The molecule has 1 aliphatic rings. The van der Waals surface area contributed by atoms with Gasteiger partial charge in [0, 0.05) is 16.9 Å². The van der Waals surface area contributed by atoms with Crippen LogP contribution in [0.25, 0.3) is 77.2 Å². The predicted octanol–water partition coefficient (Wildman–Crippen LogP) is 18.5. The van der Waals surface area contributed by atoms with Gasteiger partial charge in [-0.3, -0.25) is 0 Å². The van der Waals surface area contributed by atoms with Crippen molar-refractivity contribution in [1.82, 2.24) is 0 Å². The molecule has 328 valence electrons. The SMILES string of the molecule is c1ccc(C2(c3ccccc3)c3ccccc3-c3c(-c4ccc(N(c5ccc(-c6ccc7ccccc7c6)cc5)c5ccccc5-c5ccc(-c6ccc7ccccc7c6)cc5)cc4)cccc32)cc1. The van der Waals surface area contributed by atoms with Crippen molar-refractivity contribution >= 4 is 38.6 Å². The Morgan fingerprint density at radius 2 is 0.643 bits per heavy atom. The van der Waals surface area contributed by atoms with Gasteiger partial charge in [0.05, 0.1) is 11.1 Å². The summed E-state index contributed by atoms with van der Waals surface area (Å²) < 4.78 is 0. The van der Waals surface area contributed by atoms with Gasteiger partial charge in [0.15, 0.2) is 0 Å². The summed E-state index contributed by atoms with van der Waals surface area (Å²) in [5, 5.41) is 4.98. The Morgan fingerprint density at radius 3 is 1.23 bits per heavy atom. The molecule has 0 saturated carbocycles. The van der Waals surface area contributed by atoms with Gasteiger partial charge < -0.3 is 4.90 Å². The molecule has 0 fully saturated rings. The highest BCUT2D eigenvalue weighted by molar-refractivity contribution is 5.97. The number of nitrogens with zero attached hydrogens (tertiary/aromatic N) is 1. The van der Waals surface area contributed by atoms with E-state index in [1.54, 1.807) is 0 Å². The van der Waals surface area contributed by atoms with Gasteiger partial charge in [-0.1, -0.05) is 243 Å². The third-order valence-electron chi connectivity index (χ3n) is 14.6. The molecule has 0 spiro atoms. The van der Waals surface area contributed by atoms with E-state index in [1.165, 1.54) is 88.3 Å². The molecule has 1 heteroatoms. The van der Waals surface area contributed by atoms with E-state index >= 15 is 0 Å². The van der Waals surface area contributed by atoms with Crippen LogP contribution in [0.2, 0.25) is 0 Å². The molecule has 1 aliphatic carbocycles. The topological polar surface area (TPSA) is 3.24 Å². The molecule has 13 rings (SSSR count). The van der Waals surface area contributed by atoms with Crippen molar-refractivity contribution in [1.29, 1.82) is 0 Å². The minimum absolute atomic E-state index is 0.461. The van der Waals surface area contributed by atoms with E-state index in [1.807, 2.05) is 0 Å². The maximum Gasteiger partial charge on any atom is 0.0713 e. The Bertz CT molecular complexity index is 3810. The van der Waals surface area contributed by atoms with Crippen LogP contribution in [-0.2, 0) is 5.41 Å². The zero-order valence-electron chi connectivity index (χ0n) is 38.6. The summed E-state index contributed by atoms with van der Waals surface area (Å²) in [7, 11) is 0. The Morgan fingerprint density at radius 1 is 0.243 bits per heavy atom. The molecule has 0 aromatic heterocycles. The van der Waals surface area contributed by atoms with Crippen molar-refractivity contribution in [2.75, 3.05) is 4.90 Å². The van der Waals surface area contributed by atoms with E-state index in [4.69, 9.17) is 0 Å². The van der Waals surface area contributed by atoms with Crippen LogP contribution >= 0.6 is 0 Å². The molecular formula is C69H47N. The number of rotatable bonds is 9. The minimum atomic E-state index is -0.461. The molecule has 0 unspecified atom stereocenters. The third kappa shape index (κ3) is 6.94. The van der Waals surface area contributed by atoms with E-state index < -0.39 is 5.41 Å². The molecule has 0 saturated heterocycles. The fourth-order valence-electron chi connectivity index (χ4n) is 11.2. The van der Waals surface area contributed by atoms with Crippen LogP contribution < -0.4 is 4.90 Å². The van der Waals surface area contributed by atoms with Gasteiger partial charge in [0.2, 0.25) is 0 Å². The molecule has 12 aromatic rings. The summed E-state index contributed by atoms with van der Waals surface area (Å²) in [5.41, 5.74) is 20.1. The molecule has 0 aliphatic heterocycles. The summed E-state index contributed by atoms with van der Waals surface area (Å²) in [6, 6.07) is 105. The van der Waals surface area contributed by atoms with Gasteiger partial charge in [-0.25, -0.2) is 0 Å². The summed E-state index contributed by atoms with van der Waals surface area (Å²) in [4.78, 5) is 2.42. The van der Waals surface area contributed by atoms with Crippen LogP contribution in [-0.4, -0.2) is 0 Å². The van der Waals surface area contributed by atoms with Gasteiger partial charge in [-0.2, -0.15) is 0 Å². The molecule has 0 heterocycles. The molecule has 0 N–H and O–H groups in total. The molecule has 0 amide bonds. The normalized spacial score (nSPS) is 12.4. The number of anilines is 3. The highest BCUT2D eigenvalue weighted by Gasteiger charge is 2.46. The van der Waals surface area contributed by atoms with Gasteiger partial charge in [-0.15, -0.1) is 0 Å². The highest BCUT2D eigenvalue weighted by Crippen LogP contribution is 2.58. The van der Waals surface area contributed by atoms with Crippen LogP contribution in [0, 0.1) is 0 Å². The number of benzene rings is 12. The first-order valence-electron chi connectivity index (χ1n) is 24.2. The van der Waals surface area contributed by atoms with Crippen molar-refractivity contribution in [2.45, 2.75) is 5.41 Å². The molecular weight excluding hydrogens is 843 g/mol. The first-order valence-corrected chi connectivity index (χ1v) is 24.2. The van der Waals surface area contributed by atoms with Crippen molar-refractivity contribution in [3.63, 3.8) is 0 Å². The third-order valence-corrected chi connectivity index (χ3v) is 14.6. The molecule has 12 aromatic carbocycles. The fourth-order valence-corrected chi connectivity index (χ4v) is 11.2. The summed E-state index contributed by atoms with van der Waals surface area (Å²) in [5.74, 6) is 0. The largest absolute Gasteiger partial charge is 0.310 e. The van der Waals surface area contributed by atoms with Crippen molar-refractivity contribution < 1.29 is 0 Å². The maximum absolute atomic E-state index is 2.42. The monoisotopic (exact) mass is 889 g/mol. The smallest absolute Gasteiger partial charge is 0.0713 e. The Kier molecular flexibility index (Phi) is 10.1. The predicted molar refractivity (Wildman–Crippen MR) is 295 cm³/mol. The van der Waals surface area contributed by atoms with Crippen LogP contribution in [0.15, 0.2) is 285 Å². The zero-order chi connectivity index (χ0) is 46.4. The van der Waals surface area contributed by atoms with Crippen molar-refractivity contribution in [3.8, 4) is 55.6 Å². The molecule has 70 heavy (non-hydrogen) atoms. The van der Waals surface area contributed by atoms with Crippen molar-refractivity contribution in [2.24, 2.45) is 0 Å². The molecule has 0 radical (unpaired) electrons. The lowest BCUT2D eigenvalue weighted by molar-refractivity contribution is 0.768. The van der Waals surface area contributed by atoms with Crippen molar-refractivity contribution in [3.05, 3.63) is 307 Å². The van der Waals surface area contributed by atoms with E-state index in [-0.39, 0.29) is 0 Å². The minimum Gasteiger partial charge on any atom is -0.310 e. The standard InChI is InChI=1S/C69H47N/c1-3-20-58(21-4-1)69(59-22-5-2-6-23-59)65-27-13-11-25-64(65)68-63(26-15-28-66(68)69)53-40-44-61(45-41-53)70(60-42-38-51(39-43-60)57-37-33-49-17-8-10-19-55(49)47-57)67-29-14-12-24-62(67)52-34-30-50(31-35-52)56-36-32-48-16-7-9-18-54(48)46-56/h1-47H. The number of hydrogen-bond donors (Lipinski definition) is 0. The first kappa shape index (κ1) is 41.2. The van der Waals surface area contributed by atoms with Gasteiger partial charge >= 0.3 is 0 Å². The van der Waals surface area contributed by atoms with Crippen LogP contribution in [0.4, 0.5) is 17.1 Å². The van der Waals surface area contributed by atoms with Crippen LogP contribution in [0.3, 0.4) is 0 Å². The quantitative estimate of drug-likeness (QED) is 0.140. The van der Waals surface area contributed by atoms with E-state index in [2.05, 4.69) is 290 Å². The van der Waals surface area contributed by atoms with E-state index in [9.17, 15) is 0 Å². The average molecular weight is 890 g/mol. The van der Waals surface area contributed by atoms with E-state index in [0.29, 0.717) is 0 Å². The van der Waals surface area contributed by atoms with Gasteiger partial charge in [-0.05, 0) is 136 Å². The lowest BCUT2D eigenvalue weighted by atomic mass is 9.67. The molecule has 1 nitrogen and oxygen atoms in total. The lowest BCUT2D eigenvalue weighted by Crippen LogP contribution is -2.28. The second-order valence-corrected chi connectivity index (χ2v) is 18.4. The molecule has 0 bridgehead atoms. The Balaban J connectivity index is 0.929. The lowest BCUT2D eigenvalue weighted by Gasteiger charge is -2.34. The summed E-state index contributed by atoms with van der Waals surface area (Å²) in [6.07, 6.45) is 0. The average Bonchev–Trinajstić information content (AvgIpc) is 3.75. The fraction of sp³-hybridized carbons (Fsp3) is 0.0145. The van der Waals surface area contributed by atoms with E-state index in [0.717, 1.165) is 28.2 Å². The first-order chi connectivity index (χ1) is 34.7. The number of para-hydroxylation sites is 1. The highest BCUT2D eigenvalue weighted by atomic mass is 15.1. The summed E-state index contributed by atoms with van der Waals surface area (Å²) in [6.45, 7) is 0. The van der Waals surface area contributed by atoms with Gasteiger partial charge in [0.1, 0.15) is 0 Å². The zero-order valence-corrected chi connectivity index (χ0v) is 38.6. The molecule has 0 atom stereocenters.